The molecule has 0 radical (unpaired) electrons. The van der Waals surface area contributed by atoms with Crippen molar-refractivity contribution in [2.45, 2.75) is 76.7 Å². The van der Waals surface area contributed by atoms with E-state index in [9.17, 15) is 10.1 Å². The molecule has 2 aliphatic rings. The Morgan fingerprint density at radius 1 is 1.27 bits per heavy atom. The van der Waals surface area contributed by atoms with E-state index in [1.807, 2.05) is 20.8 Å². The highest BCUT2D eigenvalue weighted by Crippen LogP contribution is 2.33. The number of nitriles is 1. The third-order valence-electron chi connectivity index (χ3n) is 5.21. The zero-order chi connectivity index (χ0) is 16.3. The Morgan fingerprint density at radius 2 is 1.82 bits per heavy atom. The van der Waals surface area contributed by atoms with E-state index < -0.39 is 5.54 Å². The van der Waals surface area contributed by atoms with Crippen LogP contribution < -0.4 is 0 Å². The maximum absolute atomic E-state index is 12.9. The molecule has 0 unspecified atom stereocenters. The van der Waals surface area contributed by atoms with Crippen molar-refractivity contribution in [1.29, 1.82) is 5.26 Å². The quantitative estimate of drug-likeness (QED) is 0.802. The molecule has 2 fully saturated rings. The first-order valence-corrected chi connectivity index (χ1v) is 8.48. The fourth-order valence-corrected chi connectivity index (χ4v) is 3.84. The Balaban J connectivity index is 2.07. The summed E-state index contributed by atoms with van der Waals surface area (Å²) >= 11 is 0. The SMILES string of the molecule is C[C@@H]1CN([C@@H](C)C(=O)N(C)C2(C#N)CCCCC2)C[C@H](C)O1. The fourth-order valence-electron chi connectivity index (χ4n) is 3.84. The Bertz CT molecular complexity index is 430. The van der Waals surface area contributed by atoms with Gasteiger partial charge in [-0.15, -0.1) is 0 Å². The Kier molecular flexibility index (Phi) is 5.46. The number of hydrogen-bond acceptors (Lipinski definition) is 4. The molecule has 2 rings (SSSR count). The molecule has 1 aliphatic heterocycles. The van der Waals surface area contributed by atoms with Crippen LogP contribution in [0, 0.1) is 11.3 Å². The maximum Gasteiger partial charge on any atom is 0.240 e. The van der Waals surface area contributed by atoms with Gasteiger partial charge in [-0.2, -0.15) is 5.26 Å². The standard InChI is InChI=1S/C17H29N3O2/c1-13-10-20(11-14(2)22-13)15(3)16(21)19(4)17(12-18)8-6-5-7-9-17/h13-15H,5-11H2,1-4H3/t13-,14+,15-/m0/s1. The van der Waals surface area contributed by atoms with Gasteiger partial charge < -0.3 is 9.64 Å². The van der Waals surface area contributed by atoms with Crippen molar-refractivity contribution in [3.8, 4) is 6.07 Å². The number of carbonyl (C=O) groups excluding carboxylic acids is 1. The highest BCUT2D eigenvalue weighted by Gasteiger charge is 2.41. The number of rotatable bonds is 3. The number of nitrogens with zero attached hydrogens (tertiary/aromatic N) is 3. The Hall–Kier alpha value is -1.12. The molecule has 0 spiro atoms. The predicted molar refractivity (Wildman–Crippen MR) is 85.2 cm³/mol. The molecule has 1 heterocycles. The van der Waals surface area contributed by atoms with Crippen molar-refractivity contribution in [3.05, 3.63) is 0 Å². The van der Waals surface area contributed by atoms with Gasteiger partial charge in [0, 0.05) is 20.1 Å². The number of carbonyl (C=O) groups is 1. The minimum atomic E-state index is -0.604. The zero-order valence-corrected chi connectivity index (χ0v) is 14.3. The molecule has 22 heavy (non-hydrogen) atoms. The summed E-state index contributed by atoms with van der Waals surface area (Å²) < 4.78 is 5.75. The van der Waals surface area contributed by atoms with Gasteiger partial charge in [-0.25, -0.2) is 0 Å². The number of likely N-dealkylation sites (N-methyl/N-ethyl adjacent to an activating group) is 1. The van der Waals surface area contributed by atoms with E-state index in [0.717, 1.165) is 38.8 Å². The lowest BCUT2D eigenvalue weighted by atomic mass is 9.81. The van der Waals surface area contributed by atoms with Crippen LogP contribution in [0.5, 0.6) is 0 Å². The molecule has 0 bridgehead atoms. The molecule has 0 aromatic heterocycles. The van der Waals surface area contributed by atoms with E-state index in [1.165, 1.54) is 6.42 Å². The second-order valence-corrected chi connectivity index (χ2v) is 6.99. The van der Waals surface area contributed by atoms with E-state index in [0.29, 0.717) is 0 Å². The van der Waals surface area contributed by atoms with E-state index in [1.54, 1.807) is 11.9 Å². The molecule has 0 aromatic carbocycles. The number of hydrogen-bond donors (Lipinski definition) is 0. The van der Waals surface area contributed by atoms with E-state index in [-0.39, 0.29) is 24.2 Å². The van der Waals surface area contributed by atoms with Crippen LogP contribution in [0.2, 0.25) is 0 Å². The van der Waals surface area contributed by atoms with Crippen molar-refractivity contribution in [2.75, 3.05) is 20.1 Å². The minimum absolute atomic E-state index is 0.0600. The molecule has 1 saturated heterocycles. The van der Waals surface area contributed by atoms with Crippen LogP contribution in [0.25, 0.3) is 0 Å². The van der Waals surface area contributed by atoms with Crippen molar-refractivity contribution in [1.82, 2.24) is 9.80 Å². The predicted octanol–water partition coefficient (Wildman–Crippen LogP) is 2.17. The first kappa shape index (κ1) is 17.2. The van der Waals surface area contributed by atoms with Gasteiger partial charge in [-0.05, 0) is 33.6 Å². The molecule has 3 atom stereocenters. The Morgan fingerprint density at radius 3 is 2.32 bits per heavy atom. The molecule has 1 saturated carbocycles. The molecule has 0 aromatic rings. The van der Waals surface area contributed by atoms with Gasteiger partial charge in [0.1, 0.15) is 5.54 Å². The number of amides is 1. The smallest absolute Gasteiger partial charge is 0.240 e. The Labute approximate surface area is 134 Å². The normalized spacial score (nSPS) is 30.3. The minimum Gasteiger partial charge on any atom is -0.373 e. The molecule has 1 aliphatic carbocycles. The van der Waals surface area contributed by atoms with Gasteiger partial charge in [0.15, 0.2) is 0 Å². The van der Waals surface area contributed by atoms with Crippen molar-refractivity contribution < 1.29 is 9.53 Å². The molecule has 1 amide bonds. The van der Waals surface area contributed by atoms with Crippen LogP contribution in [0.4, 0.5) is 0 Å². The third-order valence-corrected chi connectivity index (χ3v) is 5.21. The summed E-state index contributed by atoms with van der Waals surface area (Å²) in [5.74, 6) is 0.0600. The summed E-state index contributed by atoms with van der Waals surface area (Å²) in [6.07, 6.45) is 5.12. The van der Waals surface area contributed by atoms with E-state index in [4.69, 9.17) is 4.74 Å². The van der Waals surface area contributed by atoms with Crippen LogP contribution in [-0.4, -0.2) is 59.6 Å². The van der Waals surface area contributed by atoms with E-state index in [2.05, 4.69) is 11.0 Å². The molecule has 5 nitrogen and oxygen atoms in total. The maximum atomic E-state index is 12.9. The third kappa shape index (κ3) is 3.44. The summed E-state index contributed by atoms with van der Waals surface area (Å²) in [6.45, 7) is 7.58. The topological polar surface area (TPSA) is 56.6 Å². The average Bonchev–Trinajstić information content (AvgIpc) is 2.52. The van der Waals surface area contributed by atoms with Gasteiger partial charge in [0.05, 0.1) is 24.3 Å². The van der Waals surface area contributed by atoms with Crippen molar-refractivity contribution in [3.63, 3.8) is 0 Å². The number of morpholine rings is 1. The van der Waals surface area contributed by atoms with Crippen LogP contribution in [-0.2, 0) is 9.53 Å². The lowest BCUT2D eigenvalue weighted by Gasteiger charge is -2.43. The van der Waals surface area contributed by atoms with Gasteiger partial charge in [0.2, 0.25) is 5.91 Å². The van der Waals surface area contributed by atoms with Crippen LogP contribution in [0.15, 0.2) is 0 Å². The highest BCUT2D eigenvalue weighted by molar-refractivity contribution is 5.82. The van der Waals surface area contributed by atoms with Gasteiger partial charge in [0.25, 0.3) is 0 Å². The van der Waals surface area contributed by atoms with Gasteiger partial charge in [-0.1, -0.05) is 19.3 Å². The molecular weight excluding hydrogens is 278 g/mol. The first-order valence-electron chi connectivity index (χ1n) is 8.48. The highest BCUT2D eigenvalue weighted by atomic mass is 16.5. The summed E-state index contributed by atoms with van der Waals surface area (Å²) in [7, 11) is 1.81. The lowest BCUT2D eigenvalue weighted by Crippen LogP contribution is -2.58. The van der Waals surface area contributed by atoms with E-state index >= 15 is 0 Å². The zero-order valence-electron chi connectivity index (χ0n) is 14.3. The van der Waals surface area contributed by atoms with Gasteiger partial charge in [-0.3, -0.25) is 9.69 Å². The molecule has 0 N–H and O–H groups in total. The molecule has 124 valence electrons. The van der Waals surface area contributed by atoms with Gasteiger partial charge >= 0.3 is 0 Å². The summed E-state index contributed by atoms with van der Waals surface area (Å²) in [5.41, 5.74) is -0.604. The average molecular weight is 307 g/mol. The second kappa shape index (κ2) is 6.97. The fraction of sp³-hybridized carbons (Fsp3) is 0.882. The van der Waals surface area contributed by atoms with Crippen LogP contribution in [0.1, 0.15) is 52.9 Å². The number of ether oxygens (including phenoxy) is 1. The summed E-state index contributed by atoms with van der Waals surface area (Å²) in [4.78, 5) is 16.8. The van der Waals surface area contributed by atoms with Crippen molar-refractivity contribution >= 4 is 5.91 Å². The lowest BCUT2D eigenvalue weighted by molar-refractivity contribution is -0.145. The van der Waals surface area contributed by atoms with Crippen LogP contribution >= 0.6 is 0 Å². The largest absolute Gasteiger partial charge is 0.373 e. The van der Waals surface area contributed by atoms with Crippen molar-refractivity contribution in [2.24, 2.45) is 0 Å². The van der Waals surface area contributed by atoms with Crippen LogP contribution in [0.3, 0.4) is 0 Å². The summed E-state index contributed by atoms with van der Waals surface area (Å²) in [6, 6.07) is 2.23. The molecule has 5 heteroatoms. The first-order chi connectivity index (χ1) is 10.4. The second-order valence-electron chi connectivity index (χ2n) is 6.99. The monoisotopic (exact) mass is 307 g/mol. The summed E-state index contributed by atoms with van der Waals surface area (Å²) in [5, 5.41) is 9.66. The molecular formula is C17H29N3O2.